The summed E-state index contributed by atoms with van der Waals surface area (Å²) in [5.74, 6) is 0.0797. The second kappa shape index (κ2) is 6.25. The quantitative estimate of drug-likeness (QED) is 0.901. The first-order chi connectivity index (χ1) is 9.15. The Morgan fingerprint density at radius 3 is 2.68 bits per heavy atom. The van der Waals surface area contributed by atoms with Crippen LogP contribution < -0.4 is 5.32 Å². The van der Waals surface area contributed by atoms with E-state index >= 15 is 0 Å². The lowest BCUT2D eigenvalue weighted by Crippen LogP contribution is -2.24. The van der Waals surface area contributed by atoms with E-state index in [9.17, 15) is 9.90 Å². The van der Waals surface area contributed by atoms with Crippen LogP contribution in [0, 0.1) is 0 Å². The van der Waals surface area contributed by atoms with Crippen LogP contribution >= 0.6 is 11.6 Å². The Bertz CT molecular complexity index is 584. The lowest BCUT2D eigenvalue weighted by Gasteiger charge is -2.07. The van der Waals surface area contributed by atoms with Gasteiger partial charge in [-0.1, -0.05) is 41.9 Å². The van der Waals surface area contributed by atoms with Gasteiger partial charge in [-0.25, -0.2) is 0 Å². The summed E-state index contributed by atoms with van der Waals surface area (Å²) in [5, 5.41) is 13.0. The van der Waals surface area contributed by atoms with Crippen molar-refractivity contribution in [2.75, 3.05) is 0 Å². The molecule has 1 amide bonds. The first-order valence-corrected chi connectivity index (χ1v) is 6.31. The van der Waals surface area contributed by atoms with Gasteiger partial charge in [0.2, 0.25) is 5.91 Å². The molecule has 2 N–H and O–H groups in total. The highest BCUT2D eigenvalue weighted by Gasteiger charge is 2.05. The molecule has 98 valence electrons. The van der Waals surface area contributed by atoms with Gasteiger partial charge in [0.15, 0.2) is 0 Å². The van der Waals surface area contributed by atoms with Gasteiger partial charge >= 0.3 is 0 Å². The fourth-order valence-corrected chi connectivity index (χ4v) is 1.96. The standard InChI is InChI=1S/C15H14ClNO2/c16-13-6-3-4-11(8-13)9-15(19)17-10-12-5-1-2-7-14(12)18/h1-8,18H,9-10H2,(H,17,19). The number of halogens is 1. The molecule has 19 heavy (non-hydrogen) atoms. The predicted molar refractivity (Wildman–Crippen MR) is 75.1 cm³/mol. The molecule has 0 fully saturated rings. The number of rotatable bonds is 4. The molecule has 4 heteroatoms. The fraction of sp³-hybridized carbons (Fsp3) is 0.133. The number of hydrogen-bond donors (Lipinski definition) is 2. The van der Waals surface area contributed by atoms with Gasteiger partial charge in [0, 0.05) is 17.1 Å². The van der Waals surface area contributed by atoms with Gasteiger partial charge in [-0.05, 0) is 23.8 Å². The van der Waals surface area contributed by atoms with E-state index < -0.39 is 0 Å². The van der Waals surface area contributed by atoms with Gasteiger partial charge in [0.25, 0.3) is 0 Å². The van der Waals surface area contributed by atoms with Crippen LogP contribution in [0.25, 0.3) is 0 Å². The normalized spacial score (nSPS) is 10.2. The van der Waals surface area contributed by atoms with Crippen LogP contribution in [0.5, 0.6) is 5.75 Å². The minimum atomic E-state index is -0.106. The zero-order chi connectivity index (χ0) is 13.7. The van der Waals surface area contributed by atoms with E-state index in [0.29, 0.717) is 17.1 Å². The van der Waals surface area contributed by atoms with Crippen LogP contribution in [-0.2, 0) is 17.8 Å². The number of amides is 1. The van der Waals surface area contributed by atoms with E-state index in [0.717, 1.165) is 5.56 Å². The molecule has 2 aromatic carbocycles. The van der Waals surface area contributed by atoms with E-state index in [1.54, 1.807) is 30.3 Å². The maximum atomic E-state index is 11.8. The monoisotopic (exact) mass is 275 g/mol. The van der Waals surface area contributed by atoms with E-state index in [-0.39, 0.29) is 18.1 Å². The summed E-state index contributed by atoms with van der Waals surface area (Å²) >= 11 is 5.86. The van der Waals surface area contributed by atoms with Gasteiger partial charge < -0.3 is 10.4 Å². The first kappa shape index (κ1) is 13.4. The molecular formula is C15H14ClNO2. The molecule has 0 unspecified atom stereocenters. The van der Waals surface area contributed by atoms with E-state index in [2.05, 4.69) is 5.32 Å². The molecule has 2 rings (SSSR count). The highest BCUT2D eigenvalue weighted by Crippen LogP contribution is 2.15. The lowest BCUT2D eigenvalue weighted by atomic mass is 10.1. The summed E-state index contributed by atoms with van der Waals surface area (Å²) in [6.07, 6.45) is 0.272. The Morgan fingerprint density at radius 1 is 1.16 bits per heavy atom. The van der Waals surface area contributed by atoms with Crippen molar-refractivity contribution >= 4 is 17.5 Å². The lowest BCUT2D eigenvalue weighted by molar-refractivity contribution is -0.120. The maximum Gasteiger partial charge on any atom is 0.224 e. The third-order valence-electron chi connectivity index (χ3n) is 2.72. The third-order valence-corrected chi connectivity index (χ3v) is 2.96. The van der Waals surface area contributed by atoms with Crippen molar-refractivity contribution in [3.05, 3.63) is 64.7 Å². The molecule has 3 nitrogen and oxygen atoms in total. The van der Waals surface area contributed by atoms with Crippen LogP contribution in [0.15, 0.2) is 48.5 Å². The molecule has 2 aromatic rings. The number of para-hydroxylation sites is 1. The molecule has 0 heterocycles. The zero-order valence-electron chi connectivity index (χ0n) is 10.3. The summed E-state index contributed by atoms with van der Waals surface area (Å²) in [6, 6.07) is 14.1. The van der Waals surface area contributed by atoms with Crippen molar-refractivity contribution in [3.63, 3.8) is 0 Å². The fourth-order valence-electron chi connectivity index (χ4n) is 1.75. The molecule has 0 saturated carbocycles. The third kappa shape index (κ3) is 4.00. The minimum absolute atomic E-state index is 0.106. The first-order valence-electron chi connectivity index (χ1n) is 5.93. The summed E-state index contributed by atoms with van der Waals surface area (Å²) in [4.78, 5) is 11.8. The molecule has 0 spiro atoms. The smallest absolute Gasteiger partial charge is 0.224 e. The van der Waals surface area contributed by atoms with Crippen molar-refractivity contribution in [2.24, 2.45) is 0 Å². The number of phenols is 1. The number of carbonyl (C=O) groups is 1. The summed E-state index contributed by atoms with van der Waals surface area (Å²) in [6.45, 7) is 0.312. The average molecular weight is 276 g/mol. The van der Waals surface area contributed by atoms with Crippen molar-refractivity contribution in [1.82, 2.24) is 5.32 Å². The number of nitrogens with one attached hydrogen (secondary N) is 1. The second-order valence-corrected chi connectivity index (χ2v) is 4.65. The summed E-state index contributed by atoms with van der Waals surface area (Å²) < 4.78 is 0. The topological polar surface area (TPSA) is 49.3 Å². The number of aromatic hydroxyl groups is 1. The molecule has 0 atom stereocenters. The Labute approximate surface area is 116 Å². The van der Waals surface area contributed by atoms with Gasteiger partial charge in [0.1, 0.15) is 5.75 Å². The number of carbonyl (C=O) groups excluding carboxylic acids is 1. The molecule has 0 aliphatic rings. The van der Waals surface area contributed by atoms with Gasteiger partial charge in [-0.15, -0.1) is 0 Å². The minimum Gasteiger partial charge on any atom is -0.508 e. The average Bonchev–Trinajstić information content (AvgIpc) is 2.38. The van der Waals surface area contributed by atoms with E-state index in [1.165, 1.54) is 0 Å². The molecule has 0 bridgehead atoms. The molecule has 0 aliphatic heterocycles. The van der Waals surface area contributed by atoms with Crippen LogP contribution in [-0.4, -0.2) is 11.0 Å². The molecule has 0 saturated heterocycles. The van der Waals surface area contributed by atoms with Crippen molar-refractivity contribution < 1.29 is 9.90 Å². The highest BCUT2D eigenvalue weighted by molar-refractivity contribution is 6.30. The van der Waals surface area contributed by atoms with Gasteiger partial charge in [-0.3, -0.25) is 4.79 Å². The molecule has 0 aliphatic carbocycles. The second-order valence-electron chi connectivity index (χ2n) is 4.21. The largest absolute Gasteiger partial charge is 0.508 e. The number of hydrogen-bond acceptors (Lipinski definition) is 2. The SMILES string of the molecule is O=C(Cc1cccc(Cl)c1)NCc1ccccc1O. The Morgan fingerprint density at radius 2 is 1.95 bits per heavy atom. The van der Waals surface area contributed by atoms with Gasteiger partial charge in [-0.2, -0.15) is 0 Å². The van der Waals surface area contributed by atoms with Crippen LogP contribution in [0.4, 0.5) is 0 Å². The van der Waals surface area contributed by atoms with Crippen molar-refractivity contribution in [2.45, 2.75) is 13.0 Å². The molecule has 0 radical (unpaired) electrons. The zero-order valence-corrected chi connectivity index (χ0v) is 11.0. The highest BCUT2D eigenvalue weighted by atomic mass is 35.5. The van der Waals surface area contributed by atoms with Crippen molar-refractivity contribution in [3.8, 4) is 5.75 Å². The van der Waals surface area contributed by atoms with Crippen molar-refractivity contribution in [1.29, 1.82) is 0 Å². The Hall–Kier alpha value is -2.00. The number of benzene rings is 2. The van der Waals surface area contributed by atoms with E-state index in [4.69, 9.17) is 11.6 Å². The Balaban J connectivity index is 1.90. The maximum absolute atomic E-state index is 11.8. The molecule has 0 aromatic heterocycles. The van der Waals surface area contributed by atoms with Gasteiger partial charge in [0.05, 0.1) is 6.42 Å². The molecular weight excluding hydrogens is 262 g/mol. The Kier molecular flexibility index (Phi) is 4.42. The van der Waals surface area contributed by atoms with Crippen LogP contribution in [0.1, 0.15) is 11.1 Å². The summed E-state index contributed by atoms with van der Waals surface area (Å²) in [5.41, 5.74) is 1.56. The van der Waals surface area contributed by atoms with Crippen LogP contribution in [0.3, 0.4) is 0 Å². The van der Waals surface area contributed by atoms with E-state index in [1.807, 2.05) is 18.2 Å². The van der Waals surface area contributed by atoms with Crippen LogP contribution in [0.2, 0.25) is 5.02 Å². The number of phenolic OH excluding ortho intramolecular Hbond substituents is 1. The predicted octanol–water partition coefficient (Wildman–Crippen LogP) is 2.90. The summed E-state index contributed by atoms with van der Waals surface area (Å²) in [7, 11) is 0.